The molecular formula is C11H17ClFN3S. The second kappa shape index (κ2) is 6.21. The smallest absolute Gasteiger partial charge is 0.169 e. The molecule has 0 saturated carbocycles. The van der Waals surface area contributed by atoms with Crippen molar-refractivity contribution < 1.29 is 4.39 Å². The molecular weight excluding hydrogens is 261 g/mol. The van der Waals surface area contributed by atoms with E-state index in [9.17, 15) is 4.39 Å². The van der Waals surface area contributed by atoms with E-state index < -0.39 is 5.82 Å². The van der Waals surface area contributed by atoms with Crippen LogP contribution in [0.25, 0.3) is 0 Å². The van der Waals surface area contributed by atoms with E-state index in [-0.39, 0.29) is 22.1 Å². The van der Waals surface area contributed by atoms with Gasteiger partial charge in [-0.1, -0.05) is 18.5 Å². The number of benzene rings is 1. The summed E-state index contributed by atoms with van der Waals surface area (Å²) >= 11 is 7.48. The number of hydrogen-bond acceptors (Lipinski definition) is 4. The summed E-state index contributed by atoms with van der Waals surface area (Å²) < 4.78 is 13.8. The van der Waals surface area contributed by atoms with E-state index in [1.165, 1.54) is 6.07 Å². The fourth-order valence-electron chi connectivity index (χ4n) is 1.47. The third kappa shape index (κ3) is 3.57. The van der Waals surface area contributed by atoms with Crippen LogP contribution in [0.3, 0.4) is 0 Å². The lowest BCUT2D eigenvalue weighted by Crippen LogP contribution is -2.15. The minimum absolute atomic E-state index is 0.0841. The molecule has 1 unspecified atom stereocenters. The maximum Gasteiger partial charge on any atom is 0.169 e. The molecule has 1 aromatic rings. The normalized spacial score (nSPS) is 12.5. The lowest BCUT2D eigenvalue weighted by atomic mass is 10.2. The fraction of sp³-hybridized carbons (Fsp3) is 0.455. The summed E-state index contributed by atoms with van der Waals surface area (Å²) in [6, 6.07) is 1.47. The van der Waals surface area contributed by atoms with Crippen molar-refractivity contribution >= 4 is 40.4 Å². The Balaban J connectivity index is 2.81. The Bertz CT molecular complexity index is 401. The predicted molar refractivity (Wildman–Crippen MR) is 76.3 cm³/mol. The van der Waals surface area contributed by atoms with Gasteiger partial charge in [-0.25, -0.2) is 4.39 Å². The van der Waals surface area contributed by atoms with Crippen LogP contribution in [0, 0.1) is 11.7 Å². The van der Waals surface area contributed by atoms with Gasteiger partial charge in [-0.15, -0.1) is 0 Å². The SMILES string of the molecule is CSCC(C)CNc1c(N)cc(N)c(Cl)c1F. The van der Waals surface area contributed by atoms with Crippen molar-refractivity contribution in [1.82, 2.24) is 0 Å². The highest BCUT2D eigenvalue weighted by Crippen LogP contribution is 2.33. The Morgan fingerprint density at radius 2 is 2.12 bits per heavy atom. The molecule has 3 nitrogen and oxygen atoms in total. The van der Waals surface area contributed by atoms with Crippen LogP contribution in [-0.4, -0.2) is 18.6 Å². The summed E-state index contributed by atoms with van der Waals surface area (Å²) in [7, 11) is 0. The summed E-state index contributed by atoms with van der Waals surface area (Å²) in [6.07, 6.45) is 2.03. The van der Waals surface area contributed by atoms with E-state index in [2.05, 4.69) is 12.2 Å². The van der Waals surface area contributed by atoms with Crippen molar-refractivity contribution in [3.8, 4) is 0 Å². The molecule has 0 bridgehead atoms. The number of halogens is 2. The maximum absolute atomic E-state index is 13.8. The van der Waals surface area contributed by atoms with E-state index >= 15 is 0 Å². The summed E-state index contributed by atoms with van der Waals surface area (Å²) in [5.74, 6) is 0.831. The first kappa shape index (κ1) is 14.3. The number of thioether (sulfide) groups is 1. The van der Waals surface area contributed by atoms with Gasteiger partial charge >= 0.3 is 0 Å². The van der Waals surface area contributed by atoms with Crippen molar-refractivity contribution in [2.75, 3.05) is 35.3 Å². The van der Waals surface area contributed by atoms with Crippen molar-refractivity contribution in [2.45, 2.75) is 6.92 Å². The summed E-state index contributed by atoms with van der Waals surface area (Å²) in [4.78, 5) is 0. The number of hydrogen-bond donors (Lipinski definition) is 3. The van der Waals surface area contributed by atoms with Gasteiger partial charge in [0.15, 0.2) is 5.82 Å². The minimum Gasteiger partial charge on any atom is -0.397 e. The molecule has 0 aliphatic rings. The van der Waals surface area contributed by atoms with Crippen LogP contribution in [-0.2, 0) is 0 Å². The summed E-state index contributed by atoms with van der Waals surface area (Å²) in [5, 5.41) is 2.90. The standard InChI is InChI=1S/C11H17ClFN3S/c1-6(5-17-2)4-16-11-8(15)3-7(14)9(12)10(11)13/h3,6,16H,4-5,14-15H2,1-2H3. The molecule has 17 heavy (non-hydrogen) atoms. The van der Waals surface area contributed by atoms with Crippen LogP contribution in [0.1, 0.15) is 6.92 Å². The van der Waals surface area contributed by atoms with Gasteiger partial charge in [0.25, 0.3) is 0 Å². The average Bonchev–Trinajstić information content (AvgIpc) is 2.26. The monoisotopic (exact) mass is 277 g/mol. The fourth-order valence-corrected chi connectivity index (χ4v) is 2.30. The Labute approximate surface area is 110 Å². The Morgan fingerprint density at radius 3 is 2.71 bits per heavy atom. The van der Waals surface area contributed by atoms with Gasteiger partial charge in [0.1, 0.15) is 5.02 Å². The number of anilines is 3. The highest BCUT2D eigenvalue weighted by Gasteiger charge is 2.14. The van der Waals surface area contributed by atoms with Gasteiger partial charge in [0.2, 0.25) is 0 Å². The Hall–Kier alpha value is -0.810. The van der Waals surface area contributed by atoms with E-state index in [1.54, 1.807) is 11.8 Å². The number of nitrogens with one attached hydrogen (secondary N) is 1. The highest BCUT2D eigenvalue weighted by molar-refractivity contribution is 7.98. The molecule has 5 N–H and O–H groups in total. The zero-order valence-corrected chi connectivity index (χ0v) is 11.5. The van der Waals surface area contributed by atoms with Crippen molar-refractivity contribution in [1.29, 1.82) is 0 Å². The van der Waals surface area contributed by atoms with Crippen LogP contribution in [0.4, 0.5) is 21.5 Å². The van der Waals surface area contributed by atoms with Crippen LogP contribution in [0.2, 0.25) is 5.02 Å². The van der Waals surface area contributed by atoms with E-state index in [1.807, 2.05) is 6.26 Å². The first-order valence-corrected chi connectivity index (χ1v) is 7.00. The molecule has 1 aromatic carbocycles. The third-order valence-corrected chi connectivity index (χ3v) is 3.63. The van der Waals surface area contributed by atoms with Gasteiger partial charge in [0, 0.05) is 6.54 Å². The lowest BCUT2D eigenvalue weighted by molar-refractivity contribution is 0.626. The zero-order valence-electron chi connectivity index (χ0n) is 9.89. The minimum atomic E-state index is -0.583. The topological polar surface area (TPSA) is 64.1 Å². The second-order valence-corrected chi connectivity index (χ2v) is 5.29. The van der Waals surface area contributed by atoms with Crippen molar-refractivity contribution in [3.63, 3.8) is 0 Å². The zero-order chi connectivity index (χ0) is 13.0. The third-order valence-electron chi connectivity index (χ3n) is 2.34. The Morgan fingerprint density at radius 1 is 1.47 bits per heavy atom. The molecule has 0 radical (unpaired) electrons. The molecule has 0 aromatic heterocycles. The second-order valence-electron chi connectivity index (χ2n) is 4.00. The number of rotatable bonds is 5. The molecule has 0 aliphatic carbocycles. The quantitative estimate of drug-likeness (QED) is 0.724. The molecule has 0 spiro atoms. The van der Waals surface area contributed by atoms with Gasteiger partial charge < -0.3 is 16.8 Å². The Kier molecular flexibility index (Phi) is 5.21. The van der Waals surface area contributed by atoms with E-state index in [4.69, 9.17) is 23.1 Å². The molecule has 0 fully saturated rings. The summed E-state index contributed by atoms with van der Waals surface area (Å²) in [6.45, 7) is 2.72. The maximum atomic E-state index is 13.8. The van der Waals surface area contributed by atoms with Crippen LogP contribution >= 0.6 is 23.4 Å². The predicted octanol–water partition coefficient (Wildman–Crippen LogP) is 3.05. The molecule has 1 rings (SSSR count). The lowest BCUT2D eigenvalue weighted by Gasteiger charge is -2.16. The highest BCUT2D eigenvalue weighted by atomic mass is 35.5. The van der Waals surface area contributed by atoms with Gasteiger partial charge in [-0.3, -0.25) is 0 Å². The number of nitrogens with two attached hydrogens (primary N) is 2. The van der Waals surface area contributed by atoms with E-state index in [0.29, 0.717) is 12.5 Å². The van der Waals surface area contributed by atoms with Crippen LogP contribution in [0.15, 0.2) is 6.07 Å². The molecule has 0 saturated heterocycles. The van der Waals surface area contributed by atoms with E-state index in [0.717, 1.165) is 5.75 Å². The van der Waals surface area contributed by atoms with Crippen molar-refractivity contribution in [3.05, 3.63) is 16.9 Å². The summed E-state index contributed by atoms with van der Waals surface area (Å²) in [5.41, 5.74) is 11.9. The van der Waals surface area contributed by atoms with Gasteiger partial charge in [-0.2, -0.15) is 11.8 Å². The molecule has 6 heteroatoms. The van der Waals surface area contributed by atoms with Gasteiger partial charge in [0.05, 0.1) is 17.1 Å². The number of nitrogen functional groups attached to an aromatic ring is 2. The molecule has 0 aliphatic heterocycles. The largest absolute Gasteiger partial charge is 0.397 e. The molecule has 1 atom stereocenters. The van der Waals surface area contributed by atoms with Crippen molar-refractivity contribution in [2.24, 2.45) is 5.92 Å². The molecule has 0 amide bonds. The molecule has 96 valence electrons. The first-order valence-electron chi connectivity index (χ1n) is 5.23. The first-order chi connectivity index (χ1) is 7.97. The average molecular weight is 278 g/mol. The molecule has 0 heterocycles. The van der Waals surface area contributed by atoms with Gasteiger partial charge in [-0.05, 0) is 24.0 Å². The van der Waals surface area contributed by atoms with Crippen LogP contribution in [0.5, 0.6) is 0 Å². The van der Waals surface area contributed by atoms with Crippen LogP contribution < -0.4 is 16.8 Å².